The fraction of sp³-hybridized carbons (Fsp3) is 0.771. The molecule has 0 aliphatic heterocycles. The second kappa shape index (κ2) is 12.0. The van der Waals surface area contributed by atoms with Gasteiger partial charge in [0.15, 0.2) is 0 Å². The van der Waals surface area contributed by atoms with E-state index in [1.807, 2.05) is 18.2 Å². The predicted octanol–water partition coefficient (Wildman–Crippen LogP) is 8.76. The monoisotopic (exact) mass is 534 g/mol. The van der Waals surface area contributed by atoms with Gasteiger partial charge >= 0.3 is 6.09 Å². The van der Waals surface area contributed by atoms with Gasteiger partial charge in [0, 0.05) is 31.3 Å². The van der Waals surface area contributed by atoms with Crippen molar-refractivity contribution in [1.29, 1.82) is 0 Å². The molecule has 1 N–H and O–H groups in total. The van der Waals surface area contributed by atoms with Crippen molar-refractivity contribution in [2.75, 3.05) is 6.54 Å². The molecule has 1 aromatic rings. The molecule has 5 rings (SSSR count). The van der Waals surface area contributed by atoms with Crippen LogP contribution in [0.5, 0.6) is 0 Å². The second-order valence-electron chi connectivity index (χ2n) is 14.6. The summed E-state index contributed by atoms with van der Waals surface area (Å²) in [5.41, 5.74) is 3.40. The molecule has 0 spiro atoms. The van der Waals surface area contributed by atoms with Gasteiger partial charge in [-0.1, -0.05) is 71.6 Å². The normalized spacial score (nSPS) is 36.4. The Morgan fingerprint density at radius 1 is 1.08 bits per heavy atom. The largest absolute Gasteiger partial charge is 0.446 e. The number of rotatable bonds is 9. The number of pyridine rings is 1. The highest BCUT2D eigenvalue weighted by Crippen LogP contribution is 2.67. The number of alkyl carbamates (subject to hydrolysis) is 1. The van der Waals surface area contributed by atoms with E-state index in [0.29, 0.717) is 17.4 Å². The molecular weight excluding hydrogens is 480 g/mol. The van der Waals surface area contributed by atoms with Crippen LogP contribution in [-0.2, 0) is 11.2 Å². The van der Waals surface area contributed by atoms with E-state index in [4.69, 9.17) is 4.74 Å². The van der Waals surface area contributed by atoms with Crippen LogP contribution < -0.4 is 5.32 Å². The second-order valence-corrected chi connectivity index (χ2v) is 14.6. The van der Waals surface area contributed by atoms with Crippen LogP contribution in [0.2, 0.25) is 0 Å². The molecule has 1 amide bonds. The van der Waals surface area contributed by atoms with Gasteiger partial charge in [0.25, 0.3) is 0 Å². The standard InChI is InChI=1S/C35H54N2O2/c1-24(2)9-8-10-25(3)30-14-15-31-29-13-12-26-23-28(16-19-34(26,4)32(29)17-20-35(30,31)5)39-33(38)37-22-18-27-11-6-7-21-36-27/h6-7,11-12,21,24-25,28-32H,8-10,13-20,22-23H2,1-5H3,(H,37,38)/t25-,28+,29+,30?,31?,32+,34+,35-/m1/s1. The van der Waals surface area contributed by atoms with Gasteiger partial charge in [0.05, 0.1) is 0 Å². The van der Waals surface area contributed by atoms with Crippen molar-refractivity contribution in [3.8, 4) is 0 Å². The molecule has 4 heteroatoms. The Bertz CT molecular complexity index is 1010. The summed E-state index contributed by atoms with van der Waals surface area (Å²) in [6, 6.07) is 5.89. The summed E-state index contributed by atoms with van der Waals surface area (Å²) in [5, 5.41) is 2.95. The van der Waals surface area contributed by atoms with Crippen LogP contribution in [0, 0.1) is 46.3 Å². The van der Waals surface area contributed by atoms with Crippen LogP contribution in [0.15, 0.2) is 36.0 Å². The van der Waals surface area contributed by atoms with E-state index in [2.05, 4.69) is 51.0 Å². The van der Waals surface area contributed by atoms with Gasteiger partial charge in [-0.05, 0) is 103 Å². The molecule has 4 aliphatic carbocycles. The Hall–Kier alpha value is -1.84. The summed E-state index contributed by atoms with van der Waals surface area (Å²) in [7, 11) is 0. The summed E-state index contributed by atoms with van der Waals surface area (Å²) in [5.74, 6) is 5.15. The van der Waals surface area contributed by atoms with Gasteiger partial charge in [-0.25, -0.2) is 4.79 Å². The van der Waals surface area contributed by atoms with E-state index < -0.39 is 0 Å². The average molecular weight is 535 g/mol. The van der Waals surface area contributed by atoms with Crippen molar-refractivity contribution in [3.63, 3.8) is 0 Å². The van der Waals surface area contributed by atoms with Gasteiger partial charge in [0.1, 0.15) is 6.10 Å². The first kappa shape index (κ1) is 28.7. The smallest absolute Gasteiger partial charge is 0.407 e. The van der Waals surface area contributed by atoms with E-state index in [1.165, 1.54) is 51.4 Å². The molecule has 0 bridgehead atoms. The Morgan fingerprint density at radius 2 is 1.92 bits per heavy atom. The minimum Gasteiger partial charge on any atom is -0.446 e. The molecule has 39 heavy (non-hydrogen) atoms. The number of amides is 1. The highest BCUT2D eigenvalue weighted by atomic mass is 16.6. The third-order valence-corrected chi connectivity index (χ3v) is 11.9. The number of ether oxygens (including phenoxy) is 1. The van der Waals surface area contributed by atoms with Gasteiger partial charge in [0.2, 0.25) is 0 Å². The highest BCUT2D eigenvalue weighted by Gasteiger charge is 2.59. The SMILES string of the molecule is CC(C)CCC[C@@H](C)C1CCC2[C@@H]3CC=C4C[C@@H](OC(=O)NCCc5ccccn5)CC[C@]4(C)[C@H]3CC[C@]12C. The molecule has 8 atom stereocenters. The molecule has 1 aromatic heterocycles. The van der Waals surface area contributed by atoms with E-state index >= 15 is 0 Å². The maximum Gasteiger partial charge on any atom is 0.407 e. The van der Waals surface area contributed by atoms with E-state index in [-0.39, 0.29) is 12.2 Å². The number of allylic oxidation sites excluding steroid dienone is 1. The van der Waals surface area contributed by atoms with Crippen LogP contribution in [0.3, 0.4) is 0 Å². The zero-order valence-electron chi connectivity index (χ0n) is 25.4. The third kappa shape index (κ3) is 5.96. The van der Waals surface area contributed by atoms with Crippen molar-refractivity contribution < 1.29 is 9.53 Å². The summed E-state index contributed by atoms with van der Waals surface area (Å²) in [6.45, 7) is 13.1. The number of hydrogen-bond acceptors (Lipinski definition) is 3. The minimum atomic E-state index is -0.276. The lowest BCUT2D eigenvalue weighted by atomic mass is 9.47. The van der Waals surface area contributed by atoms with E-state index in [1.54, 1.807) is 11.8 Å². The number of aromatic nitrogens is 1. The quantitative estimate of drug-likeness (QED) is 0.322. The molecule has 3 fully saturated rings. The number of hydrogen-bond donors (Lipinski definition) is 1. The van der Waals surface area contributed by atoms with Crippen molar-refractivity contribution in [1.82, 2.24) is 10.3 Å². The highest BCUT2D eigenvalue weighted by molar-refractivity contribution is 5.67. The number of nitrogens with zero attached hydrogens (tertiary/aromatic N) is 1. The lowest BCUT2D eigenvalue weighted by Crippen LogP contribution is -2.51. The Kier molecular flexibility index (Phi) is 8.79. The van der Waals surface area contributed by atoms with E-state index in [0.717, 1.165) is 66.9 Å². The molecule has 0 saturated heterocycles. The molecule has 0 radical (unpaired) electrons. The Labute approximate surface area is 238 Å². The third-order valence-electron chi connectivity index (χ3n) is 11.9. The summed E-state index contributed by atoms with van der Waals surface area (Å²) in [4.78, 5) is 16.9. The summed E-state index contributed by atoms with van der Waals surface area (Å²) >= 11 is 0. The zero-order valence-corrected chi connectivity index (χ0v) is 25.4. The molecular formula is C35H54N2O2. The maximum atomic E-state index is 12.5. The molecule has 0 aromatic carbocycles. The first-order chi connectivity index (χ1) is 18.7. The molecule has 2 unspecified atom stereocenters. The lowest BCUT2D eigenvalue weighted by Gasteiger charge is -2.58. The van der Waals surface area contributed by atoms with Crippen LogP contribution in [-0.4, -0.2) is 23.7 Å². The predicted molar refractivity (Wildman–Crippen MR) is 159 cm³/mol. The first-order valence-electron chi connectivity index (χ1n) is 16.2. The van der Waals surface area contributed by atoms with Crippen LogP contribution in [0.1, 0.15) is 111 Å². The van der Waals surface area contributed by atoms with E-state index in [9.17, 15) is 4.79 Å². The molecule has 4 nitrogen and oxygen atoms in total. The summed E-state index contributed by atoms with van der Waals surface area (Å²) < 4.78 is 5.92. The maximum absolute atomic E-state index is 12.5. The Morgan fingerprint density at radius 3 is 2.69 bits per heavy atom. The summed E-state index contributed by atoms with van der Waals surface area (Å²) in [6.07, 6.45) is 19.1. The first-order valence-corrected chi connectivity index (χ1v) is 16.2. The Balaban J connectivity index is 1.16. The van der Waals surface area contributed by atoms with Crippen LogP contribution in [0.4, 0.5) is 4.79 Å². The topological polar surface area (TPSA) is 51.2 Å². The minimum absolute atomic E-state index is 0.00660. The number of carbonyl (C=O) groups excluding carboxylic acids is 1. The number of carbonyl (C=O) groups is 1. The number of fused-ring (bicyclic) bond motifs is 5. The van der Waals surface area contributed by atoms with Gasteiger partial charge in [-0.2, -0.15) is 0 Å². The van der Waals surface area contributed by atoms with Gasteiger partial charge in [-0.15, -0.1) is 0 Å². The molecule has 4 aliphatic rings. The molecule has 216 valence electrons. The van der Waals surface area contributed by atoms with Crippen LogP contribution >= 0.6 is 0 Å². The zero-order chi connectivity index (χ0) is 27.6. The van der Waals surface area contributed by atoms with Crippen molar-refractivity contribution in [2.45, 2.75) is 118 Å². The lowest BCUT2D eigenvalue weighted by molar-refractivity contribution is -0.0581. The average Bonchev–Trinajstić information content (AvgIpc) is 3.26. The molecule has 3 saturated carbocycles. The molecule has 1 heterocycles. The van der Waals surface area contributed by atoms with Crippen molar-refractivity contribution in [3.05, 3.63) is 41.7 Å². The number of nitrogens with one attached hydrogen (secondary N) is 1. The fourth-order valence-corrected chi connectivity index (χ4v) is 9.78. The fourth-order valence-electron chi connectivity index (χ4n) is 9.78. The van der Waals surface area contributed by atoms with Crippen molar-refractivity contribution >= 4 is 6.09 Å². The van der Waals surface area contributed by atoms with Gasteiger partial charge in [-0.3, -0.25) is 4.98 Å². The van der Waals surface area contributed by atoms with Crippen molar-refractivity contribution in [2.24, 2.45) is 46.3 Å². The van der Waals surface area contributed by atoms with Crippen LogP contribution in [0.25, 0.3) is 0 Å². The van der Waals surface area contributed by atoms with Gasteiger partial charge < -0.3 is 10.1 Å².